The summed E-state index contributed by atoms with van der Waals surface area (Å²) in [4.78, 5) is 14.5. The maximum atomic E-state index is 12.9. The lowest BCUT2D eigenvalue weighted by atomic mass is 10.2. The number of amides is 1. The van der Waals surface area contributed by atoms with Gasteiger partial charge in [0.1, 0.15) is 5.58 Å². The number of nitrogens with zero attached hydrogens (tertiary/aromatic N) is 3. The first-order chi connectivity index (χ1) is 13.4. The van der Waals surface area contributed by atoms with Crippen LogP contribution in [-0.2, 0) is 6.54 Å². The molecule has 0 radical (unpaired) electrons. The molecule has 0 unspecified atom stereocenters. The monoisotopic (exact) mass is 393 g/mol. The van der Waals surface area contributed by atoms with E-state index < -0.39 is 0 Å². The molecule has 0 N–H and O–H groups in total. The van der Waals surface area contributed by atoms with Gasteiger partial charge in [-0.25, -0.2) is 4.68 Å². The number of aromatic nitrogens is 2. The highest BCUT2D eigenvalue weighted by Gasteiger charge is 2.21. The summed E-state index contributed by atoms with van der Waals surface area (Å²) in [7, 11) is 1.77. The molecule has 1 amide bonds. The molecule has 28 heavy (non-hydrogen) atoms. The largest absolute Gasteiger partial charge is 0.451 e. The molecule has 0 aliphatic rings. The summed E-state index contributed by atoms with van der Waals surface area (Å²) in [5, 5.41) is 6.08. The van der Waals surface area contributed by atoms with Gasteiger partial charge in [-0.2, -0.15) is 5.10 Å². The van der Waals surface area contributed by atoms with Crippen LogP contribution in [0.1, 0.15) is 27.5 Å². The van der Waals surface area contributed by atoms with E-state index in [-0.39, 0.29) is 5.91 Å². The first-order valence-electron chi connectivity index (χ1n) is 8.99. The fourth-order valence-corrected chi connectivity index (χ4v) is 3.52. The van der Waals surface area contributed by atoms with Crippen molar-refractivity contribution >= 4 is 28.5 Å². The van der Waals surface area contributed by atoms with Gasteiger partial charge in [0.2, 0.25) is 0 Å². The lowest BCUT2D eigenvalue weighted by molar-refractivity contribution is 0.0755. The summed E-state index contributed by atoms with van der Waals surface area (Å²) < 4.78 is 7.62. The van der Waals surface area contributed by atoms with E-state index in [9.17, 15) is 4.79 Å². The van der Waals surface area contributed by atoms with Crippen molar-refractivity contribution in [2.45, 2.75) is 20.4 Å². The van der Waals surface area contributed by atoms with Gasteiger partial charge < -0.3 is 9.32 Å². The lowest BCUT2D eigenvalue weighted by Crippen LogP contribution is -2.26. The Kier molecular flexibility index (Phi) is 4.69. The predicted octanol–water partition coefficient (Wildman–Crippen LogP) is 5.16. The van der Waals surface area contributed by atoms with Crippen molar-refractivity contribution in [1.82, 2.24) is 14.7 Å². The van der Waals surface area contributed by atoms with Crippen molar-refractivity contribution in [3.8, 4) is 5.69 Å². The molecule has 0 aliphatic carbocycles. The average Bonchev–Trinajstić information content (AvgIpc) is 3.23. The molecule has 0 saturated heterocycles. The van der Waals surface area contributed by atoms with E-state index in [1.165, 1.54) is 0 Å². The van der Waals surface area contributed by atoms with Gasteiger partial charge in [-0.05, 0) is 50.2 Å². The highest BCUT2D eigenvalue weighted by atomic mass is 35.5. The number of para-hydroxylation sites is 1. The number of furan rings is 1. The average molecular weight is 394 g/mol. The predicted molar refractivity (Wildman–Crippen MR) is 110 cm³/mol. The van der Waals surface area contributed by atoms with Crippen molar-refractivity contribution in [1.29, 1.82) is 0 Å². The van der Waals surface area contributed by atoms with Crippen LogP contribution in [0.15, 0.2) is 59.0 Å². The molecule has 2 aromatic carbocycles. The highest BCUT2D eigenvalue weighted by molar-refractivity contribution is 6.31. The maximum Gasteiger partial charge on any atom is 0.289 e. The molecule has 6 heteroatoms. The first kappa shape index (κ1) is 18.3. The second-order valence-corrected chi connectivity index (χ2v) is 7.29. The molecule has 4 aromatic rings. The van der Waals surface area contributed by atoms with Crippen molar-refractivity contribution in [3.63, 3.8) is 0 Å². The third kappa shape index (κ3) is 3.29. The Hall–Kier alpha value is -3.05. The fourth-order valence-electron chi connectivity index (χ4n) is 3.34. The Balaban J connectivity index is 1.60. The zero-order chi connectivity index (χ0) is 19.8. The number of rotatable bonds is 4. The van der Waals surface area contributed by atoms with Gasteiger partial charge in [0, 0.05) is 35.3 Å². The number of carbonyl (C=O) groups is 1. The Bertz CT molecular complexity index is 1160. The van der Waals surface area contributed by atoms with E-state index in [0.717, 1.165) is 28.0 Å². The highest BCUT2D eigenvalue weighted by Crippen LogP contribution is 2.25. The molecule has 2 heterocycles. The van der Waals surface area contributed by atoms with Gasteiger partial charge in [-0.15, -0.1) is 0 Å². The smallest absolute Gasteiger partial charge is 0.289 e. The van der Waals surface area contributed by atoms with E-state index in [1.54, 1.807) is 36.2 Å². The summed E-state index contributed by atoms with van der Waals surface area (Å²) in [6, 6.07) is 17.0. The molecule has 5 nitrogen and oxygen atoms in total. The summed E-state index contributed by atoms with van der Waals surface area (Å²) in [5.74, 6) is 0.115. The number of fused-ring (bicyclic) bond motifs is 1. The van der Waals surface area contributed by atoms with Crippen LogP contribution in [0.5, 0.6) is 0 Å². The number of hydrogen-bond acceptors (Lipinski definition) is 3. The van der Waals surface area contributed by atoms with Crippen LogP contribution in [0.2, 0.25) is 5.02 Å². The van der Waals surface area contributed by atoms with E-state index in [0.29, 0.717) is 22.9 Å². The van der Waals surface area contributed by atoms with Crippen molar-refractivity contribution in [2.24, 2.45) is 0 Å². The summed E-state index contributed by atoms with van der Waals surface area (Å²) in [5.41, 5.74) is 4.58. The SMILES string of the molecule is Cc1nn(-c2ccccc2)c(C)c1CN(C)C(=O)c1cc2cc(Cl)ccc2o1. The Morgan fingerprint density at radius 1 is 1.14 bits per heavy atom. The molecular formula is C22H20ClN3O2. The second kappa shape index (κ2) is 7.17. The first-order valence-corrected chi connectivity index (χ1v) is 9.37. The zero-order valence-corrected chi connectivity index (χ0v) is 16.7. The van der Waals surface area contributed by atoms with Crippen LogP contribution in [0.3, 0.4) is 0 Å². The van der Waals surface area contributed by atoms with E-state index in [4.69, 9.17) is 16.0 Å². The molecule has 0 saturated carbocycles. The van der Waals surface area contributed by atoms with Crippen molar-refractivity contribution in [2.75, 3.05) is 7.05 Å². The molecule has 0 aliphatic heterocycles. The zero-order valence-electron chi connectivity index (χ0n) is 15.9. The number of aryl methyl sites for hydroxylation is 1. The maximum absolute atomic E-state index is 12.9. The van der Waals surface area contributed by atoms with Gasteiger partial charge >= 0.3 is 0 Å². The van der Waals surface area contributed by atoms with Gasteiger partial charge in [-0.3, -0.25) is 4.79 Å². The second-order valence-electron chi connectivity index (χ2n) is 6.85. The topological polar surface area (TPSA) is 51.3 Å². The van der Waals surface area contributed by atoms with Gasteiger partial charge in [-0.1, -0.05) is 29.8 Å². The van der Waals surface area contributed by atoms with Crippen LogP contribution in [0.4, 0.5) is 0 Å². The van der Waals surface area contributed by atoms with Crippen LogP contribution in [0, 0.1) is 13.8 Å². The summed E-state index contributed by atoms with van der Waals surface area (Å²) in [6.45, 7) is 4.42. The summed E-state index contributed by atoms with van der Waals surface area (Å²) >= 11 is 6.02. The third-order valence-electron chi connectivity index (χ3n) is 4.87. The van der Waals surface area contributed by atoms with Crippen LogP contribution in [-0.4, -0.2) is 27.6 Å². The minimum Gasteiger partial charge on any atom is -0.451 e. The van der Waals surface area contributed by atoms with E-state index in [1.807, 2.05) is 48.9 Å². The Morgan fingerprint density at radius 3 is 2.64 bits per heavy atom. The summed E-state index contributed by atoms with van der Waals surface area (Å²) in [6.07, 6.45) is 0. The van der Waals surface area contributed by atoms with Crippen LogP contribution in [0.25, 0.3) is 16.7 Å². The number of benzene rings is 2. The van der Waals surface area contributed by atoms with Crippen molar-refractivity contribution in [3.05, 3.63) is 82.3 Å². The molecule has 0 bridgehead atoms. The minimum absolute atomic E-state index is 0.182. The standard InChI is InChI=1S/C22H20ClN3O2/c1-14-19(15(2)26(24-14)18-7-5-4-6-8-18)13-25(3)22(27)21-12-16-11-17(23)9-10-20(16)28-21/h4-12H,13H2,1-3H3. The van der Waals surface area contributed by atoms with Gasteiger partial charge in [0.05, 0.1) is 11.4 Å². The number of halogens is 1. The fraction of sp³-hybridized carbons (Fsp3) is 0.182. The molecule has 4 rings (SSSR count). The molecule has 2 aromatic heterocycles. The van der Waals surface area contributed by atoms with Gasteiger partial charge in [0.25, 0.3) is 5.91 Å². The molecule has 142 valence electrons. The number of carbonyl (C=O) groups excluding carboxylic acids is 1. The quantitative estimate of drug-likeness (QED) is 0.481. The van der Waals surface area contributed by atoms with Crippen LogP contribution < -0.4 is 0 Å². The molecular weight excluding hydrogens is 374 g/mol. The molecule has 0 spiro atoms. The van der Waals surface area contributed by atoms with Gasteiger partial charge in [0.15, 0.2) is 5.76 Å². The number of hydrogen-bond donors (Lipinski definition) is 0. The molecule has 0 fully saturated rings. The minimum atomic E-state index is -0.182. The van der Waals surface area contributed by atoms with E-state index in [2.05, 4.69) is 5.10 Å². The normalized spacial score (nSPS) is 11.1. The Labute approximate surface area is 168 Å². The lowest BCUT2D eigenvalue weighted by Gasteiger charge is -2.16. The van der Waals surface area contributed by atoms with E-state index >= 15 is 0 Å². The van der Waals surface area contributed by atoms with Crippen molar-refractivity contribution < 1.29 is 9.21 Å². The molecule has 0 atom stereocenters. The third-order valence-corrected chi connectivity index (χ3v) is 5.11. The Morgan fingerprint density at radius 2 is 1.89 bits per heavy atom. The van der Waals surface area contributed by atoms with Crippen LogP contribution >= 0.6 is 11.6 Å².